The molecule has 2 aromatic carbocycles. The first kappa shape index (κ1) is 11.8. The van der Waals surface area contributed by atoms with Crippen LogP contribution in [0.1, 0.15) is 10.4 Å². The average Bonchev–Trinajstić information content (AvgIpc) is 2.36. The number of fused-ring (bicyclic) bond motifs is 1. The quantitative estimate of drug-likeness (QED) is 0.346. The van der Waals surface area contributed by atoms with E-state index in [0.717, 1.165) is 19.2 Å². The maximum absolute atomic E-state index is 11.4. The molecule has 0 fully saturated rings. The van der Waals surface area contributed by atoms with Crippen molar-refractivity contribution in [1.82, 2.24) is 0 Å². The molecule has 6 nitrogen and oxygen atoms in total. The zero-order valence-corrected chi connectivity index (χ0v) is 9.34. The minimum Gasteiger partial charge on any atom is -0.507 e. The van der Waals surface area contributed by atoms with Crippen molar-refractivity contribution in [3.05, 3.63) is 23.8 Å². The van der Waals surface area contributed by atoms with Gasteiger partial charge in [-0.25, -0.2) is 4.79 Å². The fourth-order valence-corrected chi connectivity index (χ4v) is 1.72. The van der Waals surface area contributed by atoms with E-state index in [1.54, 1.807) is 0 Å². The molecule has 2 aromatic rings. The minimum absolute atomic E-state index is 0.0331. The van der Waals surface area contributed by atoms with Crippen molar-refractivity contribution in [2.24, 2.45) is 0 Å². The molecular formula is C12H10O6. The Balaban J connectivity index is 2.89. The summed E-state index contributed by atoms with van der Waals surface area (Å²) < 4.78 is 4.45. The molecule has 0 heterocycles. The van der Waals surface area contributed by atoms with Gasteiger partial charge in [0.2, 0.25) is 0 Å². The van der Waals surface area contributed by atoms with Gasteiger partial charge in [0, 0.05) is 5.39 Å². The Morgan fingerprint density at radius 3 is 2.33 bits per heavy atom. The van der Waals surface area contributed by atoms with E-state index in [9.17, 15) is 25.2 Å². The molecule has 0 aliphatic rings. The predicted molar refractivity (Wildman–Crippen MR) is 61.9 cm³/mol. The summed E-state index contributed by atoms with van der Waals surface area (Å²) in [6, 6.07) is 3.37. The smallest absolute Gasteiger partial charge is 0.341 e. The molecule has 0 saturated heterocycles. The Kier molecular flexibility index (Phi) is 2.63. The fraction of sp³-hybridized carbons (Fsp3) is 0.0833. The number of methoxy groups -OCH3 is 1. The van der Waals surface area contributed by atoms with Crippen molar-refractivity contribution in [2.75, 3.05) is 7.11 Å². The van der Waals surface area contributed by atoms with Crippen LogP contribution in [-0.4, -0.2) is 33.5 Å². The highest BCUT2D eigenvalue weighted by atomic mass is 16.5. The lowest BCUT2D eigenvalue weighted by Gasteiger charge is -2.10. The van der Waals surface area contributed by atoms with E-state index in [0.29, 0.717) is 0 Å². The lowest BCUT2D eigenvalue weighted by Crippen LogP contribution is -2.01. The molecule has 0 aliphatic heterocycles. The maximum atomic E-state index is 11.4. The highest BCUT2D eigenvalue weighted by Gasteiger charge is 2.20. The third-order valence-electron chi connectivity index (χ3n) is 2.61. The van der Waals surface area contributed by atoms with Crippen LogP contribution in [0.5, 0.6) is 23.0 Å². The number of ether oxygens (including phenoxy) is 1. The second-order valence-electron chi connectivity index (χ2n) is 3.64. The van der Waals surface area contributed by atoms with Crippen molar-refractivity contribution >= 4 is 16.7 Å². The molecule has 0 radical (unpaired) electrons. The van der Waals surface area contributed by atoms with Crippen LogP contribution in [0.3, 0.4) is 0 Å². The zero-order chi connectivity index (χ0) is 13.4. The molecule has 0 aliphatic carbocycles. The normalized spacial score (nSPS) is 10.5. The van der Waals surface area contributed by atoms with Crippen LogP contribution in [0, 0.1) is 0 Å². The monoisotopic (exact) mass is 250 g/mol. The summed E-state index contributed by atoms with van der Waals surface area (Å²) in [4.78, 5) is 11.4. The molecule has 0 unspecified atom stereocenters. The van der Waals surface area contributed by atoms with E-state index in [4.69, 9.17) is 0 Å². The molecule has 18 heavy (non-hydrogen) atoms. The molecule has 2 rings (SSSR count). The summed E-state index contributed by atoms with van der Waals surface area (Å²) in [5, 5.41) is 38.5. The van der Waals surface area contributed by atoms with Gasteiger partial charge in [-0.2, -0.15) is 0 Å². The Hall–Kier alpha value is -2.63. The van der Waals surface area contributed by atoms with E-state index < -0.39 is 29.0 Å². The van der Waals surface area contributed by atoms with Gasteiger partial charge >= 0.3 is 5.97 Å². The molecule has 94 valence electrons. The second kappa shape index (κ2) is 3.99. The number of phenolic OH excluding ortho intramolecular Hbond substituents is 4. The average molecular weight is 250 g/mol. The second-order valence-corrected chi connectivity index (χ2v) is 3.64. The molecule has 0 aromatic heterocycles. The third kappa shape index (κ3) is 1.55. The lowest BCUT2D eigenvalue weighted by atomic mass is 10.0. The van der Waals surface area contributed by atoms with Crippen molar-refractivity contribution in [2.45, 2.75) is 0 Å². The van der Waals surface area contributed by atoms with Gasteiger partial charge in [0.15, 0.2) is 11.5 Å². The molecular weight excluding hydrogens is 240 g/mol. The molecule has 0 amide bonds. The van der Waals surface area contributed by atoms with Crippen LogP contribution >= 0.6 is 0 Å². The van der Waals surface area contributed by atoms with Gasteiger partial charge in [-0.05, 0) is 18.2 Å². The van der Waals surface area contributed by atoms with E-state index in [1.165, 1.54) is 6.07 Å². The number of rotatable bonds is 1. The van der Waals surface area contributed by atoms with Gasteiger partial charge < -0.3 is 25.2 Å². The fourth-order valence-electron chi connectivity index (χ4n) is 1.72. The van der Waals surface area contributed by atoms with Gasteiger partial charge in [0.1, 0.15) is 17.1 Å². The Bertz CT molecular complexity index is 647. The van der Waals surface area contributed by atoms with E-state index in [-0.39, 0.29) is 16.3 Å². The van der Waals surface area contributed by atoms with Gasteiger partial charge in [0.25, 0.3) is 0 Å². The summed E-state index contributed by atoms with van der Waals surface area (Å²) in [6.07, 6.45) is 0. The summed E-state index contributed by atoms with van der Waals surface area (Å²) >= 11 is 0. The number of benzene rings is 2. The summed E-state index contributed by atoms with van der Waals surface area (Å²) in [5.74, 6) is -2.72. The van der Waals surface area contributed by atoms with Crippen LogP contribution < -0.4 is 0 Å². The highest BCUT2D eigenvalue weighted by molar-refractivity contribution is 6.06. The summed E-state index contributed by atoms with van der Waals surface area (Å²) in [6.45, 7) is 0. The van der Waals surface area contributed by atoms with E-state index in [2.05, 4.69) is 4.74 Å². The van der Waals surface area contributed by atoms with Crippen molar-refractivity contribution in [1.29, 1.82) is 0 Å². The van der Waals surface area contributed by atoms with Crippen LogP contribution in [0.25, 0.3) is 10.8 Å². The first-order valence-electron chi connectivity index (χ1n) is 4.95. The molecule has 0 bridgehead atoms. The Labute approximate surface area is 101 Å². The SMILES string of the molecule is COC(=O)c1cc(O)c2c(O)c(O)ccc2c1O. The molecule has 0 saturated carbocycles. The Morgan fingerprint density at radius 2 is 1.72 bits per heavy atom. The molecule has 0 atom stereocenters. The predicted octanol–water partition coefficient (Wildman–Crippen LogP) is 1.45. The largest absolute Gasteiger partial charge is 0.507 e. The molecule has 4 N–H and O–H groups in total. The number of phenols is 4. The van der Waals surface area contributed by atoms with Crippen LogP contribution in [0.2, 0.25) is 0 Å². The third-order valence-corrected chi connectivity index (χ3v) is 2.61. The van der Waals surface area contributed by atoms with Crippen LogP contribution in [0.15, 0.2) is 18.2 Å². The number of carbonyl (C=O) groups is 1. The number of hydrogen-bond donors (Lipinski definition) is 4. The van der Waals surface area contributed by atoms with Gasteiger partial charge in [-0.3, -0.25) is 0 Å². The Morgan fingerprint density at radius 1 is 1.06 bits per heavy atom. The first-order valence-corrected chi connectivity index (χ1v) is 4.95. The maximum Gasteiger partial charge on any atom is 0.341 e. The number of hydrogen-bond acceptors (Lipinski definition) is 6. The van der Waals surface area contributed by atoms with Crippen molar-refractivity contribution < 1.29 is 30.0 Å². The van der Waals surface area contributed by atoms with Crippen LogP contribution in [0.4, 0.5) is 0 Å². The van der Waals surface area contributed by atoms with Crippen molar-refractivity contribution in [3.63, 3.8) is 0 Å². The van der Waals surface area contributed by atoms with Crippen molar-refractivity contribution in [3.8, 4) is 23.0 Å². The van der Waals surface area contributed by atoms with Gasteiger partial charge in [-0.1, -0.05) is 0 Å². The number of aromatic hydroxyl groups is 4. The van der Waals surface area contributed by atoms with E-state index in [1.807, 2.05) is 0 Å². The summed E-state index contributed by atoms with van der Waals surface area (Å²) in [7, 11) is 1.14. The zero-order valence-electron chi connectivity index (χ0n) is 9.34. The van der Waals surface area contributed by atoms with Gasteiger partial charge in [-0.15, -0.1) is 0 Å². The molecule has 0 spiro atoms. The topological polar surface area (TPSA) is 107 Å². The van der Waals surface area contributed by atoms with Gasteiger partial charge in [0.05, 0.1) is 12.5 Å². The number of carbonyl (C=O) groups excluding carboxylic acids is 1. The minimum atomic E-state index is -0.822. The van der Waals surface area contributed by atoms with Crippen LogP contribution in [-0.2, 0) is 4.74 Å². The highest BCUT2D eigenvalue weighted by Crippen LogP contribution is 2.44. The first-order chi connectivity index (χ1) is 8.47. The molecule has 6 heteroatoms. The summed E-state index contributed by atoms with van der Waals surface area (Å²) in [5.41, 5.74) is -0.229. The van der Waals surface area contributed by atoms with E-state index >= 15 is 0 Å². The lowest BCUT2D eigenvalue weighted by molar-refractivity contribution is 0.0597. The standard InChI is InChI=1S/C12H10O6/c1-18-12(17)6-4-8(14)9-5(10(6)15)2-3-7(13)11(9)16/h2-4,13-16H,1H3. The number of esters is 1.